The molecule has 0 bridgehead atoms. The maximum atomic E-state index is 11.2. The first-order valence-electron chi connectivity index (χ1n) is 7.52. The van der Waals surface area contributed by atoms with Gasteiger partial charge in [-0.15, -0.1) is 0 Å². The first-order valence-corrected chi connectivity index (χ1v) is 10.6. The van der Waals surface area contributed by atoms with Crippen molar-refractivity contribution >= 4 is 32.6 Å². The standard InChI is InChI=1S/C11H17N5O9P2.4H3N/c1-12-10-9-11(14-4-13-10)16(5-15-9)8-2-6(25-27(20,21)22)7(24-8)3-23-26(17,18)19;;;;/h4-8H,2-3H2,1H3,(H,12,13,14)(H2,17,18,19)(H2,20,21,22);4*1H3/t6-,7+,8?;;;;/m0..../s1. The predicted molar refractivity (Wildman–Crippen MR) is 108 cm³/mol. The molecule has 0 spiro atoms. The Morgan fingerprint density at radius 2 is 1.77 bits per heavy atom. The summed E-state index contributed by atoms with van der Waals surface area (Å²) in [4.78, 5) is 48.2. The van der Waals surface area contributed by atoms with Gasteiger partial charge in [-0.05, 0) is 0 Å². The minimum Gasteiger partial charge on any atom is -0.371 e. The summed E-state index contributed by atoms with van der Waals surface area (Å²) in [5.74, 6) is 0.473. The van der Waals surface area contributed by atoms with E-state index in [0.29, 0.717) is 17.0 Å². The van der Waals surface area contributed by atoms with Crippen LogP contribution in [0.25, 0.3) is 11.2 Å². The molecule has 1 unspecified atom stereocenters. The van der Waals surface area contributed by atoms with Gasteiger partial charge in [0.25, 0.3) is 0 Å². The predicted octanol–water partition coefficient (Wildman–Crippen LogP) is 0.391. The number of ether oxygens (including phenoxy) is 1. The van der Waals surface area contributed by atoms with Crippen molar-refractivity contribution in [1.82, 2.24) is 44.1 Å². The summed E-state index contributed by atoms with van der Waals surface area (Å²) in [6.07, 6.45) is -0.449. The van der Waals surface area contributed by atoms with E-state index in [1.165, 1.54) is 17.2 Å². The number of phosphoric acid groups is 2. The molecule has 3 rings (SSSR count). The zero-order valence-electron chi connectivity index (χ0n) is 16.6. The number of nitrogens with one attached hydrogen (secondary N) is 1. The summed E-state index contributed by atoms with van der Waals surface area (Å²) in [6.45, 7) is -0.630. The molecule has 3 heterocycles. The van der Waals surface area contributed by atoms with Crippen LogP contribution in [0.4, 0.5) is 5.82 Å². The van der Waals surface area contributed by atoms with Gasteiger partial charge in [-0.25, -0.2) is 24.1 Å². The fraction of sp³-hybridized carbons (Fsp3) is 0.545. The van der Waals surface area contributed by atoms with Crippen LogP contribution in [0.5, 0.6) is 0 Å². The number of anilines is 1. The molecular weight excluding hydrogens is 464 g/mol. The minimum absolute atomic E-state index is 0. The molecular formula is C11H29N9O9P2. The highest BCUT2D eigenvalue weighted by atomic mass is 31.2. The van der Waals surface area contributed by atoms with Crippen molar-refractivity contribution in [2.75, 3.05) is 19.0 Å². The lowest BCUT2D eigenvalue weighted by Gasteiger charge is -2.19. The van der Waals surface area contributed by atoms with Crippen LogP contribution < -0.4 is 29.9 Å². The van der Waals surface area contributed by atoms with Gasteiger partial charge < -0.3 is 54.2 Å². The van der Waals surface area contributed by atoms with Crippen LogP contribution in [0, 0.1) is 0 Å². The average Bonchev–Trinajstić information content (AvgIpc) is 3.14. The summed E-state index contributed by atoms with van der Waals surface area (Å²) < 4.78 is 38.4. The molecule has 0 amide bonds. The third-order valence-electron chi connectivity index (χ3n) is 3.77. The first kappa shape index (κ1) is 31.6. The first-order chi connectivity index (χ1) is 12.6. The van der Waals surface area contributed by atoms with Crippen LogP contribution in [0.2, 0.25) is 0 Å². The molecule has 1 aliphatic rings. The van der Waals surface area contributed by atoms with E-state index in [1.54, 1.807) is 7.05 Å². The molecule has 182 valence electrons. The fourth-order valence-electron chi connectivity index (χ4n) is 2.72. The molecule has 1 fully saturated rings. The third-order valence-corrected chi connectivity index (χ3v) is 4.80. The molecule has 0 radical (unpaired) electrons. The van der Waals surface area contributed by atoms with E-state index in [-0.39, 0.29) is 31.0 Å². The summed E-state index contributed by atoms with van der Waals surface area (Å²) in [6, 6.07) is 0. The number of rotatable bonds is 7. The lowest BCUT2D eigenvalue weighted by atomic mass is 10.2. The molecule has 3 atom stereocenters. The Hall–Kier alpha value is -1.63. The van der Waals surface area contributed by atoms with Gasteiger partial charge in [-0.2, -0.15) is 0 Å². The lowest BCUT2D eigenvalue weighted by molar-refractivity contribution is -0.0417. The van der Waals surface area contributed by atoms with Gasteiger partial charge in [-0.1, -0.05) is 0 Å². The second-order valence-electron chi connectivity index (χ2n) is 5.58. The number of aromatic nitrogens is 4. The number of imidazole rings is 1. The van der Waals surface area contributed by atoms with Crippen molar-refractivity contribution in [2.24, 2.45) is 0 Å². The van der Waals surface area contributed by atoms with Gasteiger partial charge >= 0.3 is 15.6 Å². The van der Waals surface area contributed by atoms with Gasteiger partial charge in [-0.3, -0.25) is 13.6 Å². The number of nitrogens with zero attached hydrogens (tertiary/aromatic N) is 4. The third kappa shape index (κ3) is 7.78. The molecule has 31 heavy (non-hydrogen) atoms. The number of fused-ring (bicyclic) bond motifs is 1. The second-order valence-corrected chi connectivity index (χ2v) is 8.01. The van der Waals surface area contributed by atoms with Crippen molar-refractivity contribution in [3.63, 3.8) is 0 Å². The second kappa shape index (κ2) is 11.8. The Morgan fingerprint density at radius 3 is 2.32 bits per heavy atom. The monoisotopic (exact) mass is 493 g/mol. The highest BCUT2D eigenvalue weighted by Crippen LogP contribution is 2.45. The lowest BCUT2D eigenvalue weighted by Crippen LogP contribution is -2.28. The smallest absolute Gasteiger partial charge is 0.371 e. The van der Waals surface area contributed by atoms with Crippen LogP contribution in [-0.2, 0) is 22.9 Å². The van der Waals surface area contributed by atoms with Gasteiger partial charge in [0.1, 0.15) is 30.3 Å². The number of phosphoric ester groups is 2. The van der Waals surface area contributed by atoms with E-state index in [9.17, 15) is 9.13 Å². The zero-order valence-corrected chi connectivity index (χ0v) is 18.4. The summed E-state index contributed by atoms with van der Waals surface area (Å²) >= 11 is 0. The Labute approximate surface area is 176 Å². The molecule has 1 saturated heterocycles. The Bertz CT molecular complexity index is 919. The summed E-state index contributed by atoms with van der Waals surface area (Å²) in [5, 5.41) is 2.86. The van der Waals surface area contributed by atoms with E-state index in [1.807, 2.05) is 0 Å². The molecule has 0 aromatic carbocycles. The van der Waals surface area contributed by atoms with Crippen LogP contribution in [-0.4, -0.2) is 65.0 Å². The molecule has 2 aromatic heterocycles. The van der Waals surface area contributed by atoms with Crippen molar-refractivity contribution in [3.05, 3.63) is 12.7 Å². The van der Waals surface area contributed by atoms with Crippen LogP contribution >= 0.6 is 15.6 Å². The maximum Gasteiger partial charge on any atom is 0.469 e. The normalized spacial score (nSPS) is 20.7. The molecule has 17 N–H and O–H groups in total. The average molecular weight is 493 g/mol. The molecule has 0 aliphatic carbocycles. The van der Waals surface area contributed by atoms with Crippen molar-refractivity contribution in [1.29, 1.82) is 0 Å². The Morgan fingerprint density at radius 1 is 1.13 bits per heavy atom. The van der Waals surface area contributed by atoms with Crippen molar-refractivity contribution < 1.29 is 42.5 Å². The van der Waals surface area contributed by atoms with E-state index in [4.69, 9.17) is 28.8 Å². The maximum absolute atomic E-state index is 11.2. The molecule has 18 nitrogen and oxygen atoms in total. The van der Waals surface area contributed by atoms with Crippen molar-refractivity contribution in [3.8, 4) is 0 Å². The van der Waals surface area contributed by atoms with Gasteiger partial charge in [0.15, 0.2) is 11.5 Å². The highest BCUT2D eigenvalue weighted by Gasteiger charge is 2.42. The summed E-state index contributed by atoms with van der Waals surface area (Å²) in [5.41, 5.74) is 0.844. The van der Waals surface area contributed by atoms with Gasteiger partial charge in [0.05, 0.1) is 12.9 Å². The Balaban J connectivity index is 0. The Kier molecular flexibility index (Phi) is 12.1. The van der Waals surface area contributed by atoms with Gasteiger partial charge in [0.2, 0.25) is 0 Å². The van der Waals surface area contributed by atoms with E-state index in [2.05, 4.69) is 24.8 Å². The molecule has 0 saturated carbocycles. The number of hydrogen-bond acceptors (Lipinski definition) is 13. The minimum atomic E-state index is -4.87. The van der Waals surface area contributed by atoms with Crippen LogP contribution in [0.1, 0.15) is 12.6 Å². The van der Waals surface area contributed by atoms with Crippen LogP contribution in [0.3, 0.4) is 0 Å². The topological polar surface area (TPSA) is 338 Å². The molecule has 20 heteroatoms. The zero-order chi connectivity index (χ0) is 19.8. The SMILES string of the molecule is CNc1ncnc2c1ncn2C1C[C@H](OP(=O)(O)O)[C@@H](COP(=O)(O)O)O1.N.N.N.N. The highest BCUT2D eigenvalue weighted by molar-refractivity contribution is 7.46. The quantitative estimate of drug-likeness (QED) is 0.235. The fourth-order valence-corrected chi connectivity index (χ4v) is 3.64. The molecule has 1 aliphatic heterocycles. The van der Waals surface area contributed by atoms with E-state index < -0.39 is 40.7 Å². The number of hydrogen-bond donors (Lipinski definition) is 9. The van der Waals surface area contributed by atoms with E-state index in [0.717, 1.165) is 0 Å². The summed E-state index contributed by atoms with van der Waals surface area (Å²) in [7, 11) is -8.02. The van der Waals surface area contributed by atoms with E-state index >= 15 is 0 Å². The van der Waals surface area contributed by atoms with Gasteiger partial charge in [0, 0.05) is 13.5 Å². The largest absolute Gasteiger partial charge is 0.469 e. The molecule has 2 aromatic rings. The van der Waals surface area contributed by atoms with Crippen molar-refractivity contribution in [2.45, 2.75) is 24.9 Å². The van der Waals surface area contributed by atoms with Crippen LogP contribution in [0.15, 0.2) is 12.7 Å².